The number of phenols is 1. The van der Waals surface area contributed by atoms with Gasteiger partial charge in [-0.3, -0.25) is 9.13 Å². The average molecular weight is 615 g/mol. The zero-order chi connectivity index (χ0) is 32.7. The van der Waals surface area contributed by atoms with Crippen LogP contribution < -0.4 is 0 Å². The lowest BCUT2D eigenvalue weighted by Gasteiger charge is -2.22. The number of hydrogen-bond acceptors (Lipinski definition) is 3. The Bertz CT molecular complexity index is 2450. The standard InChI is InChI=1S/C42H38N4O/c1-41(2,3)26-19-22-37(47)32(23-26)33-21-20-31-30-15-9-12-18-36(30)46(40(31)43-33)39-25-27(42(4,5)6)24-38(44-39)45-34-16-10-7-13-28(34)29-14-8-11-17-35(29)45/h7-25,47H,1-6H3. The van der Waals surface area contributed by atoms with E-state index in [9.17, 15) is 5.11 Å². The maximum absolute atomic E-state index is 11.0. The van der Waals surface area contributed by atoms with E-state index in [4.69, 9.17) is 9.97 Å². The minimum absolute atomic E-state index is 0.0675. The first-order valence-electron chi connectivity index (χ1n) is 16.2. The lowest BCUT2D eigenvalue weighted by molar-refractivity contribution is 0.476. The van der Waals surface area contributed by atoms with Crippen molar-refractivity contribution in [2.75, 3.05) is 0 Å². The summed E-state index contributed by atoms with van der Waals surface area (Å²) >= 11 is 0. The molecule has 0 radical (unpaired) electrons. The first kappa shape index (κ1) is 29.0. The van der Waals surface area contributed by atoms with E-state index < -0.39 is 0 Å². The minimum Gasteiger partial charge on any atom is -0.507 e. The molecule has 0 saturated carbocycles. The highest BCUT2D eigenvalue weighted by molar-refractivity contribution is 6.10. The average Bonchev–Trinajstić information content (AvgIpc) is 3.56. The Morgan fingerprint density at radius 3 is 1.57 bits per heavy atom. The number of rotatable bonds is 3. The molecule has 0 saturated heterocycles. The number of phenolic OH excluding ortho intramolecular Hbond substituents is 1. The third kappa shape index (κ3) is 4.68. The number of benzene rings is 4. The molecule has 4 aromatic heterocycles. The molecule has 232 valence electrons. The van der Waals surface area contributed by atoms with Crippen LogP contribution >= 0.6 is 0 Å². The van der Waals surface area contributed by atoms with Crippen molar-refractivity contribution < 1.29 is 5.11 Å². The van der Waals surface area contributed by atoms with Gasteiger partial charge in [-0.05, 0) is 76.6 Å². The number of fused-ring (bicyclic) bond motifs is 6. The van der Waals surface area contributed by atoms with Crippen LogP contribution in [0.2, 0.25) is 0 Å². The molecule has 4 heterocycles. The molecule has 0 bridgehead atoms. The molecule has 5 heteroatoms. The van der Waals surface area contributed by atoms with E-state index in [0.29, 0.717) is 0 Å². The third-order valence-electron chi connectivity index (χ3n) is 9.36. The van der Waals surface area contributed by atoms with Gasteiger partial charge in [0.2, 0.25) is 0 Å². The number of aromatic hydroxyl groups is 1. The Hall–Kier alpha value is -5.42. The van der Waals surface area contributed by atoms with Crippen LogP contribution in [-0.4, -0.2) is 24.2 Å². The molecule has 5 nitrogen and oxygen atoms in total. The molecular formula is C42H38N4O. The summed E-state index contributed by atoms with van der Waals surface area (Å²) in [5.41, 5.74) is 7.63. The lowest BCUT2D eigenvalue weighted by atomic mass is 9.85. The van der Waals surface area contributed by atoms with E-state index in [1.165, 1.54) is 16.3 Å². The number of nitrogens with zero attached hydrogens (tertiary/aromatic N) is 4. The van der Waals surface area contributed by atoms with Crippen molar-refractivity contribution in [3.8, 4) is 28.6 Å². The lowest BCUT2D eigenvalue weighted by Crippen LogP contribution is -2.14. The second-order valence-electron chi connectivity index (χ2n) is 14.6. The maximum atomic E-state index is 11.0. The van der Waals surface area contributed by atoms with Gasteiger partial charge < -0.3 is 5.11 Å². The topological polar surface area (TPSA) is 55.9 Å². The monoisotopic (exact) mass is 614 g/mol. The van der Waals surface area contributed by atoms with Crippen LogP contribution in [-0.2, 0) is 10.8 Å². The van der Waals surface area contributed by atoms with Crippen LogP contribution in [0.3, 0.4) is 0 Å². The summed E-state index contributed by atoms with van der Waals surface area (Å²) in [4.78, 5) is 10.7. The number of pyridine rings is 2. The Morgan fingerprint density at radius 1 is 0.489 bits per heavy atom. The van der Waals surface area contributed by atoms with E-state index in [1.807, 2.05) is 12.1 Å². The van der Waals surface area contributed by atoms with Gasteiger partial charge >= 0.3 is 0 Å². The second-order valence-corrected chi connectivity index (χ2v) is 14.6. The summed E-state index contributed by atoms with van der Waals surface area (Å²) < 4.78 is 4.47. The zero-order valence-corrected chi connectivity index (χ0v) is 27.7. The van der Waals surface area contributed by atoms with Gasteiger partial charge in [-0.15, -0.1) is 0 Å². The van der Waals surface area contributed by atoms with Gasteiger partial charge in [-0.25, -0.2) is 9.97 Å². The summed E-state index contributed by atoms with van der Waals surface area (Å²) in [6, 6.07) is 39.9. The Kier molecular flexibility index (Phi) is 6.36. The largest absolute Gasteiger partial charge is 0.507 e. The highest BCUT2D eigenvalue weighted by Crippen LogP contribution is 2.38. The van der Waals surface area contributed by atoms with E-state index in [2.05, 4.69) is 148 Å². The Labute approximate surface area is 274 Å². The highest BCUT2D eigenvalue weighted by atomic mass is 16.3. The SMILES string of the molecule is CC(C)(C)c1cc(-n2c3ccccc3c3ccccc32)nc(-n2c3ccccc3c3ccc(-c4cc(C(C)(C)C)ccc4O)nc32)c1. The van der Waals surface area contributed by atoms with Crippen LogP contribution in [0.4, 0.5) is 0 Å². The van der Waals surface area contributed by atoms with E-state index in [1.54, 1.807) is 6.07 Å². The van der Waals surface area contributed by atoms with Gasteiger partial charge in [0.15, 0.2) is 0 Å². The van der Waals surface area contributed by atoms with Crippen LogP contribution in [0.1, 0.15) is 52.7 Å². The number of aromatic nitrogens is 4. The molecule has 8 rings (SSSR count). The van der Waals surface area contributed by atoms with Gasteiger partial charge in [0.25, 0.3) is 0 Å². The van der Waals surface area contributed by atoms with Gasteiger partial charge in [-0.2, -0.15) is 0 Å². The van der Waals surface area contributed by atoms with Crippen LogP contribution in [0.25, 0.3) is 66.6 Å². The minimum atomic E-state index is -0.137. The van der Waals surface area contributed by atoms with Crippen molar-refractivity contribution >= 4 is 43.7 Å². The second kappa shape index (κ2) is 10.3. The van der Waals surface area contributed by atoms with Gasteiger partial charge in [0.05, 0.1) is 22.2 Å². The van der Waals surface area contributed by atoms with Gasteiger partial charge in [0, 0.05) is 27.1 Å². The molecular weight excluding hydrogens is 576 g/mol. The molecule has 0 unspecified atom stereocenters. The fourth-order valence-electron chi connectivity index (χ4n) is 6.76. The van der Waals surface area contributed by atoms with Crippen molar-refractivity contribution in [2.45, 2.75) is 52.4 Å². The first-order valence-corrected chi connectivity index (χ1v) is 16.2. The quantitative estimate of drug-likeness (QED) is 0.215. The summed E-state index contributed by atoms with van der Waals surface area (Å²) in [5, 5.41) is 15.6. The normalized spacial score (nSPS) is 12.6. The van der Waals surface area contributed by atoms with E-state index >= 15 is 0 Å². The van der Waals surface area contributed by atoms with Crippen molar-refractivity contribution in [2.24, 2.45) is 0 Å². The first-order chi connectivity index (χ1) is 22.5. The summed E-state index contributed by atoms with van der Waals surface area (Å²) in [6.45, 7) is 13.3. The molecule has 47 heavy (non-hydrogen) atoms. The molecule has 1 N–H and O–H groups in total. The van der Waals surface area contributed by atoms with E-state index in [0.717, 1.165) is 61.4 Å². The summed E-state index contributed by atoms with van der Waals surface area (Å²) in [6.07, 6.45) is 0. The molecule has 0 aliphatic carbocycles. The van der Waals surface area contributed by atoms with E-state index in [-0.39, 0.29) is 16.6 Å². The van der Waals surface area contributed by atoms with Crippen molar-refractivity contribution in [3.05, 3.63) is 126 Å². The summed E-state index contributed by atoms with van der Waals surface area (Å²) in [7, 11) is 0. The smallest absolute Gasteiger partial charge is 0.147 e. The maximum Gasteiger partial charge on any atom is 0.147 e. The molecule has 0 aliphatic heterocycles. The molecule has 0 atom stereocenters. The van der Waals surface area contributed by atoms with Gasteiger partial charge in [-0.1, -0.05) is 102 Å². The van der Waals surface area contributed by atoms with Crippen LogP contribution in [0.5, 0.6) is 5.75 Å². The number of hydrogen-bond donors (Lipinski definition) is 1. The molecule has 0 aliphatic rings. The molecule has 0 spiro atoms. The summed E-state index contributed by atoms with van der Waals surface area (Å²) in [5.74, 6) is 1.88. The van der Waals surface area contributed by atoms with Crippen LogP contribution in [0.15, 0.2) is 115 Å². The van der Waals surface area contributed by atoms with Crippen LogP contribution in [0, 0.1) is 0 Å². The predicted molar refractivity (Wildman–Crippen MR) is 195 cm³/mol. The van der Waals surface area contributed by atoms with Gasteiger partial charge in [0.1, 0.15) is 23.0 Å². The molecule has 0 amide bonds. The molecule has 4 aromatic carbocycles. The van der Waals surface area contributed by atoms with Crippen molar-refractivity contribution in [1.29, 1.82) is 0 Å². The fraction of sp³-hybridized carbons (Fsp3) is 0.190. The molecule has 0 fully saturated rings. The zero-order valence-electron chi connectivity index (χ0n) is 27.7. The molecule has 8 aromatic rings. The predicted octanol–water partition coefficient (Wildman–Crippen LogP) is 10.6. The Balaban J connectivity index is 1.44. The van der Waals surface area contributed by atoms with Crippen molar-refractivity contribution in [1.82, 2.24) is 19.1 Å². The number of para-hydroxylation sites is 3. The highest BCUT2D eigenvalue weighted by Gasteiger charge is 2.23. The van der Waals surface area contributed by atoms with Crippen molar-refractivity contribution in [3.63, 3.8) is 0 Å². The third-order valence-corrected chi connectivity index (χ3v) is 9.36. The Morgan fingerprint density at radius 2 is 1.00 bits per heavy atom. The fourth-order valence-corrected chi connectivity index (χ4v) is 6.76.